The zero-order chi connectivity index (χ0) is 47.4. The molecule has 2 N–H and O–H groups in total. The second kappa shape index (κ2) is 16.0. The van der Waals surface area contributed by atoms with Crippen LogP contribution in [0.3, 0.4) is 0 Å². The van der Waals surface area contributed by atoms with Crippen LogP contribution in [0.25, 0.3) is 28.1 Å². The fraction of sp³-hybridized carbons (Fsp3) is 0.359. The van der Waals surface area contributed by atoms with Crippen LogP contribution in [0.5, 0.6) is 0 Å². The van der Waals surface area contributed by atoms with Gasteiger partial charge in [-0.25, -0.2) is 49.7 Å². The third kappa shape index (κ3) is 8.21. The molecule has 4 aromatic heterocycles. The van der Waals surface area contributed by atoms with Gasteiger partial charge in [0.05, 0.1) is 32.9 Å². The monoisotopic (exact) mass is 976 g/mol. The van der Waals surface area contributed by atoms with Gasteiger partial charge in [0.15, 0.2) is 17.3 Å². The smallest absolute Gasteiger partial charge is 0.344 e. The van der Waals surface area contributed by atoms with Crippen LogP contribution in [0.2, 0.25) is 5.02 Å². The van der Waals surface area contributed by atoms with Crippen LogP contribution in [-0.4, -0.2) is 65.1 Å². The molecule has 0 spiro atoms. The number of alkyl halides is 9. The molecule has 0 aliphatic heterocycles. The van der Waals surface area contributed by atoms with Crippen molar-refractivity contribution in [1.82, 2.24) is 44.4 Å². The molecule has 1 amide bonds. The van der Waals surface area contributed by atoms with Gasteiger partial charge in [-0.1, -0.05) is 11.6 Å². The highest BCUT2D eigenvalue weighted by molar-refractivity contribution is 7.93. The number of amides is 1. The van der Waals surface area contributed by atoms with E-state index in [4.69, 9.17) is 11.6 Å². The van der Waals surface area contributed by atoms with E-state index in [9.17, 15) is 57.5 Å². The Morgan fingerprint density at radius 1 is 0.970 bits per heavy atom. The van der Waals surface area contributed by atoms with Crippen molar-refractivity contribution >= 4 is 44.3 Å². The molecule has 3 atom stereocenters. The predicted octanol–water partition coefficient (Wildman–Crippen LogP) is 7.60. The second-order valence-corrected chi connectivity index (χ2v) is 18.1. The number of aromatic nitrogens is 8. The molecule has 2 saturated carbocycles. The highest BCUT2D eigenvalue weighted by Crippen LogP contribution is 2.68. The quantitative estimate of drug-likeness (QED) is 0.104. The lowest BCUT2D eigenvalue weighted by atomic mass is 10.0. The van der Waals surface area contributed by atoms with Crippen molar-refractivity contribution in [2.75, 3.05) is 4.72 Å². The van der Waals surface area contributed by atoms with Gasteiger partial charge in [0, 0.05) is 36.2 Å². The number of carbonyl (C=O) groups excluding carboxylic acids is 1. The van der Waals surface area contributed by atoms with Gasteiger partial charge in [-0.05, 0) is 61.1 Å². The van der Waals surface area contributed by atoms with Crippen LogP contribution in [-0.2, 0) is 46.4 Å². The number of halogens is 12. The van der Waals surface area contributed by atoms with Gasteiger partial charge in [0.2, 0.25) is 15.9 Å². The number of hydrogen-bond donors (Lipinski definition) is 2. The first-order valence-corrected chi connectivity index (χ1v) is 21.5. The summed E-state index contributed by atoms with van der Waals surface area (Å²) < 4.78 is 189. The Morgan fingerprint density at radius 3 is 2.33 bits per heavy atom. The lowest BCUT2D eigenvalue weighted by Gasteiger charge is -2.24. The topological polar surface area (TPSA) is 172 Å². The molecule has 27 heteroatoms. The average Bonchev–Trinajstić information content (AvgIpc) is 4.14. The van der Waals surface area contributed by atoms with E-state index >= 15 is 8.78 Å². The summed E-state index contributed by atoms with van der Waals surface area (Å²) in [6, 6.07) is 3.85. The predicted molar refractivity (Wildman–Crippen MR) is 209 cm³/mol. The van der Waals surface area contributed by atoms with Crippen molar-refractivity contribution < 1.29 is 61.5 Å². The van der Waals surface area contributed by atoms with Crippen molar-refractivity contribution in [3.8, 4) is 17.2 Å². The van der Waals surface area contributed by atoms with E-state index in [1.54, 1.807) is 0 Å². The van der Waals surface area contributed by atoms with Crippen LogP contribution in [0.15, 0.2) is 53.5 Å². The first-order chi connectivity index (χ1) is 31.0. The van der Waals surface area contributed by atoms with Gasteiger partial charge in [-0.15, -0.1) is 0 Å². The van der Waals surface area contributed by atoms with Crippen molar-refractivity contribution in [2.45, 2.75) is 80.9 Å². The Balaban J connectivity index is 1.25. The number of rotatable bonds is 14. The zero-order valence-electron chi connectivity index (χ0n) is 33.0. The number of fused-ring (bicyclic) bond motifs is 4. The summed E-state index contributed by atoms with van der Waals surface area (Å²) in [6.45, 7) is -2.58. The average molecular weight is 977 g/mol. The van der Waals surface area contributed by atoms with E-state index in [2.05, 4.69) is 35.2 Å². The van der Waals surface area contributed by atoms with Gasteiger partial charge in [0.1, 0.15) is 47.6 Å². The van der Waals surface area contributed by atoms with Crippen LogP contribution >= 0.6 is 11.6 Å². The minimum absolute atomic E-state index is 0.176. The molecular formula is C39H28ClF11N10O4S. The van der Waals surface area contributed by atoms with E-state index in [1.165, 1.54) is 0 Å². The van der Waals surface area contributed by atoms with Crippen molar-refractivity contribution in [2.24, 2.45) is 5.92 Å². The number of anilines is 1. The molecule has 348 valence electrons. The summed E-state index contributed by atoms with van der Waals surface area (Å²) in [4.78, 5) is 40.7. The summed E-state index contributed by atoms with van der Waals surface area (Å²) in [7, 11) is -4.16. The number of nitrogens with zero attached hydrogens (tertiary/aromatic N) is 8. The number of carbonyl (C=O) groups is 1. The van der Waals surface area contributed by atoms with Gasteiger partial charge >= 0.3 is 6.18 Å². The molecule has 2 aromatic carbocycles. The number of benzene rings is 2. The molecule has 9 rings (SSSR count). The molecule has 0 radical (unpaired) electrons. The molecule has 0 unspecified atom stereocenters. The van der Waals surface area contributed by atoms with Gasteiger partial charge in [0.25, 0.3) is 24.3 Å². The summed E-state index contributed by atoms with van der Waals surface area (Å²) in [5, 5.41) is 8.29. The Morgan fingerprint density at radius 2 is 1.68 bits per heavy atom. The minimum Gasteiger partial charge on any atom is -0.344 e. The SMILES string of the molecule is O=C(Cn1nc(C(F)(F)F)c2c1C(F)(F)[C@@H]1C[C@H]21)N[C@@H](Cc1cc(F)cc(F)c1)c1nc(-c2nccc(C(F)F)n2)cc(=O)n1-c1ccc(Cl)c2c(NS(=O)(=O)C3CC3)nn(CC(F)F)c12. The van der Waals surface area contributed by atoms with Gasteiger partial charge < -0.3 is 5.32 Å². The highest BCUT2D eigenvalue weighted by atomic mass is 35.5. The first-order valence-electron chi connectivity index (χ1n) is 19.6. The van der Waals surface area contributed by atoms with Crippen LogP contribution in [0.1, 0.15) is 71.7 Å². The Kier molecular flexibility index (Phi) is 10.9. The normalized spacial score (nSPS) is 18.2. The summed E-state index contributed by atoms with van der Waals surface area (Å²) in [5.41, 5.74) is -7.40. The maximum absolute atomic E-state index is 15.5. The minimum atomic E-state index is -5.22. The van der Waals surface area contributed by atoms with Crippen molar-refractivity contribution in [1.29, 1.82) is 0 Å². The highest BCUT2D eigenvalue weighted by Gasteiger charge is 2.68. The van der Waals surface area contributed by atoms with E-state index in [1.807, 2.05) is 0 Å². The van der Waals surface area contributed by atoms with Crippen molar-refractivity contribution in [3.63, 3.8) is 0 Å². The lowest BCUT2D eigenvalue weighted by Crippen LogP contribution is -2.38. The van der Waals surface area contributed by atoms with Crippen LogP contribution < -0.4 is 15.6 Å². The lowest BCUT2D eigenvalue weighted by molar-refractivity contribution is -0.142. The fourth-order valence-corrected chi connectivity index (χ4v) is 9.80. The summed E-state index contributed by atoms with van der Waals surface area (Å²) >= 11 is 6.55. The van der Waals surface area contributed by atoms with E-state index in [0.717, 1.165) is 36.5 Å². The maximum atomic E-state index is 15.5. The molecule has 4 heterocycles. The molecule has 2 fully saturated rings. The number of nitrogens with one attached hydrogen (secondary N) is 2. The third-order valence-electron chi connectivity index (χ3n) is 11.2. The number of hydrogen-bond acceptors (Lipinski definition) is 9. The second-order valence-electron chi connectivity index (χ2n) is 15.8. The zero-order valence-corrected chi connectivity index (χ0v) is 34.6. The summed E-state index contributed by atoms with van der Waals surface area (Å²) in [6.07, 6.45) is -11.2. The molecule has 0 bridgehead atoms. The standard InChI is InChI=1S/C39H28ClF11N10O4S/c40-21-3-4-25(31-30(21)36(57-59(31)13-26(43)44)58-66(64,65)18-1-2-18)61-28(63)12-23(35-52-6-5-22(54-35)34(45)46)55-37(61)24(9-15-7-16(41)10-17(42)8-15)53-27(62)14-60-33-29(32(56-60)39(49,50)51)19-11-20(19)38(33,47)48/h3-8,10,12,18-20,24,26,34H,1-2,9,11,13-14H2,(H,53,62)(H,57,58)/t19-,20+,24-/m0/s1. The molecule has 6 aromatic rings. The molecule has 3 aliphatic rings. The van der Waals surface area contributed by atoms with Crippen LogP contribution in [0.4, 0.5) is 54.1 Å². The molecular weight excluding hydrogens is 949 g/mol. The Bertz CT molecular complexity index is 3120. The van der Waals surface area contributed by atoms with Gasteiger partial charge in [-0.3, -0.25) is 28.2 Å². The largest absolute Gasteiger partial charge is 0.435 e. The van der Waals surface area contributed by atoms with Gasteiger partial charge in [-0.2, -0.15) is 32.1 Å². The summed E-state index contributed by atoms with van der Waals surface area (Å²) in [5.74, 6) is -12.1. The van der Waals surface area contributed by atoms with E-state index < -0.39 is 158 Å². The first kappa shape index (κ1) is 45.0. The Hall–Kier alpha value is -6.18. The van der Waals surface area contributed by atoms with E-state index in [0.29, 0.717) is 21.4 Å². The van der Waals surface area contributed by atoms with E-state index in [-0.39, 0.29) is 39.9 Å². The molecule has 3 aliphatic carbocycles. The fourth-order valence-electron chi connectivity index (χ4n) is 8.22. The maximum Gasteiger partial charge on any atom is 0.435 e. The van der Waals surface area contributed by atoms with Crippen LogP contribution in [0, 0.1) is 17.6 Å². The molecule has 0 saturated heterocycles. The molecule has 14 nitrogen and oxygen atoms in total. The third-order valence-corrected chi connectivity index (χ3v) is 13.3. The number of sulfonamides is 1. The Labute approximate surface area is 367 Å². The molecule has 66 heavy (non-hydrogen) atoms. The van der Waals surface area contributed by atoms with Crippen molar-refractivity contribution in [3.05, 3.63) is 110 Å².